The van der Waals surface area contributed by atoms with Crippen molar-refractivity contribution in [1.29, 1.82) is 0 Å². The van der Waals surface area contributed by atoms with E-state index >= 15 is 0 Å². The molecule has 4 rings (SSSR count). The van der Waals surface area contributed by atoms with Crippen LogP contribution in [0.1, 0.15) is 38.8 Å². The molecule has 0 amide bonds. The Kier molecular flexibility index (Phi) is 3.01. The van der Waals surface area contributed by atoms with Gasteiger partial charge in [0.25, 0.3) is 0 Å². The fourth-order valence-electron chi connectivity index (χ4n) is 3.85. The van der Waals surface area contributed by atoms with Gasteiger partial charge in [0.2, 0.25) is 5.78 Å². The summed E-state index contributed by atoms with van der Waals surface area (Å²) < 4.78 is 8.24. The molecule has 5 heteroatoms. The second-order valence-corrected chi connectivity index (χ2v) is 6.88. The van der Waals surface area contributed by atoms with Gasteiger partial charge in [0, 0.05) is 37.7 Å². The van der Waals surface area contributed by atoms with Crippen molar-refractivity contribution in [2.75, 3.05) is 6.54 Å². The van der Waals surface area contributed by atoms with Crippen LogP contribution in [-0.4, -0.2) is 43.6 Å². The van der Waals surface area contributed by atoms with Gasteiger partial charge in [0.05, 0.1) is 17.4 Å². The summed E-state index contributed by atoms with van der Waals surface area (Å²) in [4.78, 5) is 11.5. The minimum absolute atomic E-state index is 0.0666. The summed E-state index contributed by atoms with van der Waals surface area (Å²) in [6, 6.07) is 2.49. The highest BCUT2D eigenvalue weighted by atomic mass is 16.5. The standard InChI is InChI=1S/C16H22N4O/c1-16(2)11-20(13-5-3-6-14(13)21-16)10-12-9-19-8-4-7-17-15(19)18-12/h4,7-9,13-14H,3,5-6,10-11H2,1-2H3/t13-,14-/m1/s1. The molecule has 1 aliphatic carbocycles. The van der Waals surface area contributed by atoms with Crippen LogP contribution in [0.3, 0.4) is 0 Å². The number of ether oxygens (including phenoxy) is 1. The molecule has 0 spiro atoms. The molecule has 3 heterocycles. The third-order valence-electron chi connectivity index (χ3n) is 4.59. The zero-order chi connectivity index (χ0) is 14.4. The molecular formula is C16H22N4O. The Morgan fingerprint density at radius 2 is 2.29 bits per heavy atom. The van der Waals surface area contributed by atoms with Gasteiger partial charge in [-0.05, 0) is 39.2 Å². The van der Waals surface area contributed by atoms with Crippen molar-refractivity contribution in [3.8, 4) is 0 Å². The molecule has 2 aromatic heterocycles. The van der Waals surface area contributed by atoms with Crippen LogP contribution in [0.15, 0.2) is 24.7 Å². The van der Waals surface area contributed by atoms with Crippen molar-refractivity contribution in [2.45, 2.75) is 57.4 Å². The van der Waals surface area contributed by atoms with E-state index in [1.54, 1.807) is 6.20 Å². The Morgan fingerprint density at radius 3 is 3.14 bits per heavy atom. The molecule has 21 heavy (non-hydrogen) atoms. The predicted octanol–water partition coefficient (Wildman–Crippen LogP) is 2.26. The summed E-state index contributed by atoms with van der Waals surface area (Å²) in [5.74, 6) is 0.781. The van der Waals surface area contributed by atoms with Gasteiger partial charge in [-0.15, -0.1) is 0 Å². The Morgan fingerprint density at radius 1 is 1.38 bits per heavy atom. The molecule has 0 bridgehead atoms. The maximum absolute atomic E-state index is 6.24. The van der Waals surface area contributed by atoms with E-state index in [0.29, 0.717) is 12.1 Å². The topological polar surface area (TPSA) is 42.7 Å². The minimum atomic E-state index is -0.0666. The molecule has 2 fully saturated rings. The van der Waals surface area contributed by atoms with Gasteiger partial charge in [-0.25, -0.2) is 9.97 Å². The van der Waals surface area contributed by atoms with E-state index in [4.69, 9.17) is 4.74 Å². The highest BCUT2D eigenvalue weighted by Gasteiger charge is 2.43. The molecule has 0 N–H and O–H groups in total. The van der Waals surface area contributed by atoms with Gasteiger partial charge < -0.3 is 4.74 Å². The van der Waals surface area contributed by atoms with Gasteiger partial charge in [0.1, 0.15) is 0 Å². The van der Waals surface area contributed by atoms with E-state index < -0.39 is 0 Å². The van der Waals surface area contributed by atoms with Crippen LogP contribution in [0.2, 0.25) is 0 Å². The highest BCUT2D eigenvalue weighted by molar-refractivity contribution is 5.29. The van der Waals surface area contributed by atoms with Crippen LogP contribution in [0.4, 0.5) is 0 Å². The lowest BCUT2D eigenvalue weighted by Gasteiger charge is -2.45. The monoisotopic (exact) mass is 286 g/mol. The maximum atomic E-state index is 6.24. The van der Waals surface area contributed by atoms with Crippen molar-refractivity contribution < 1.29 is 4.74 Å². The molecule has 1 saturated heterocycles. The molecule has 1 saturated carbocycles. The third-order valence-corrected chi connectivity index (χ3v) is 4.59. The fourth-order valence-corrected chi connectivity index (χ4v) is 3.85. The quantitative estimate of drug-likeness (QED) is 0.849. The molecule has 112 valence electrons. The molecule has 2 atom stereocenters. The van der Waals surface area contributed by atoms with E-state index in [1.165, 1.54) is 19.3 Å². The van der Waals surface area contributed by atoms with Crippen molar-refractivity contribution in [3.05, 3.63) is 30.4 Å². The van der Waals surface area contributed by atoms with Crippen LogP contribution in [0, 0.1) is 0 Å². The molecule has 5 nitrogen and oxygen atoms in total. The van der Waals surface area contributed by atoms with E-state index in [2.05, 4.69) is 34.9 Å². The molecule has 1 aliphatic heterocycles. The molecule has 2 aliphatic rings. The smallest absolute Gasteiger partial charge is 0.233 e. The first-order valence-electron chi connectivity index (χ1n) is 7.81. The van der Waals surface area contributed by atoms with Crippen molar-refractivity contribution >= 4 is 5.78 Å². The van der Waals surface area contributed by atoms with Gasteiger partial charge in [-0.3, -0.25) is 9.30 Å². The largest absolute Gasteiger partial charge is 0.369 e. The number of nitrogens with zero attached hydrogens (tertiary/aromatic N) is 4. The van der Waals surface area contributed by atoms with Crippen molar-refractivity contribution in [1.82, 2.24) is 19.3 Å². The number of imidazole rings is 1. The second kappa shape index (κ2) is 4.78. The molecule has 2 aromatic rings. The first-order chi connectivity index (χ1) is 10.1. The lowest BCUT2D eigenvalue weighted by Crippen LogP contribution is -2.56. The van der Waals surface area contributed by atoms with Gasteiger partial charge in [0.15, 0.2) is 0 Å². The summed E-state index contributed by atoms with van der Waals surface area (Å²) >= 11 is 0. The number of aromatic nitrogens is 3. The number of fused-ring (bicyclic) bond motifs is 2. The normalized spacial score (nSPS) is 28.9. The third kappa shape index (κ3) is 2.45. The molecule has 0 unspecified atom stereocenters. The van der Waals surface area contributed by atoms with Gasteiger partial charge in [-0.1, -0.05) is 0 Å². The van der Waals surface area contributed by atoms with Crippen LogP contribution in [-0.2, 0) is 11.3 Å². The molecule has 0 radical (unpaired) electrons. The van der Waals surface area contributed by atoms with Crippen molar-refractivity contribution in [3.63, 3.8) is 0 Å². The Bertz CT molecular complexity index is 618. The summed E-state index contributed by atoms with van der Waals surface area (Å²) in [6.07, 6.45) is 9.98. The fraction of sp³-hybridized carbons (Fsp3) is 0.625. The van der Waals surface area contributed by atoms with E-state index in [1.807, 2.05) is 16.7 Å². The molecular weight excluding hydrogens is 264 g/mol. The summed E-state index contributed by atoms with van der Waals surface area (Å²) in [7, 11) is 0. The average molecular weight is 286 g/mol. The van der Waals surface area contributed by atoms with Crippen LogP contribution in [0.25, 0.3) is 5.78 Å². The van der Waals surface area contributed by atoms with Crippen molar-refractivity contribution in [2.24, 2.45) is 0 Å². The van der Waals surface area contributed by atoms with Gasteiger partial charge in [-0.2, -0.15) is 0 Å². The Labute approximate surface area is 124 Å². The number of hydrogen-bond acceptors (Lipinski definition) is 4. The number of hydrogen-bond donors (Lipinski definition) is 0. The van der Waals surface area contributed by atoms with Crippen LogP contribution in [0.5, 0.6) is 0 Å². The van der Waals surface area contributed by atoms with Gasteiger partial charge >= 0.3 is 0 Å². The Hall–Kier alpha value is -1.46. The zero-order valence-electron chi connectivity index (χ0n) is 12.7. The number of morpholine rings is 1. The summed E-state index contributed by atoms with van der Waals surface area (Å²) in [5, 5.41) is 0. The average Bonchev–Trinajstić information content (AvgIpc) is 3.02. The maximum Gasteiger partial charge on any atom is 0.233 e. The first-order valence-corrected chi connectivity index (χ1v) is 7.81. The molecule has 0 aromatic carbocycles. The summed E-state index contributed by atoms with van der Waals surface area (Å²) in [6.45, 7) is 6.24. The second-order valence-electron chi connectivity index (χ2n) is 6.88. The SMILES string of the molecule is CC1(C)CN(Cc2cn3cccnc3n2)[C@@H]2CCC[C@H]2O1. The van der Waals surface area contributed by atoms with Crippen LogP contribution >= 0.6 is 0 Å². The Balaban J connectivity index is 1.59. The van der Waals surface area contributed by atoms with E-state index in [9.17, 15) is 0 Å². The van der Waals surface area contributed by atoms with Crippen LogP contribution < -0.4 is 0 Å². The lowest BCUT2D eigenvalue weighted by atomic mass is 10.0. The zero-order valence-corrected chi connectivity index (χ0v) is 12.7. The number of rotatable bonds is 2. The van der Waals surface area contributed by atoms with E-state index in [0.717, 1.165) is 24.6 Å². The summed E-state index contributed by atoms with van der Waals surface area (Å²) in [5.41, 5.74) is 1.03. The predicted molar refractivity (Wildman–Crippen MR) is 80.0 cm³/mol. The first kappa shape index (κ1) is 13.2. The minimum Gasteiger partial charge on any atom is -0.369 e. The van der Waals surface area contributed by atoms with E-state index in [-0.39, 0.29) is 5.60 Å². The lowest BCUT2D eigenvalue weighted by molar-refractivity contribution is -0.156. The highest BCUT2D eigenvalue weighted by Crippen LogP contribution is 2.36.